The molecule has 27 heavy (non-hydrogen) atoms. The van der Waals surface area contributed by atoms with Gasteiger partial charge in [0.25, 0.3) is 0 Å². The Morgan fingerprint density at radius 1 is 1.11 bits per heavy atom. The summed E-state index contributed by atoms with van der Waals surface area (Å²) in [5.74, 6) is 0.342. The Balaban J connectivity index is 1.81. The van der Waals surface area contributed by atoms with Crippen LogP contribution in [0.5, 0.6) is 5.75 Å². The summed E-state index contributed by atoms with van der Waals surface area (Å²) in [7, 11) is 1.69. The third-order valence-electron chi connectivity index (χ3n) is 3.93. The van der Waals surface area contributed by atoms with Crippen LogP contribution in [-0.4, -0.2) is 19.6 Å². The van der Waals surface area contributed by atoms with Crippen molar-refractivity contribution in [3.05, 3.63) is 70.6 Å². The largest absolute Gasteiger partial charge is 0.494 e. The van der Waals surface area contributed by atoms with Gasteiger partial charge in [0.05, 0.1) is 12.3 Å². The topological polar surface area (TPSA) is 80.6 Å². The van der Waals surface area contributed by atoms with E-state index in [4.69, 9.17) is 9.15 Å². The van der Waals surface area contributed by atoms with Crippen molar-refractivity contribution in [2.75, 3.05) is 24.3 Å². The molecule has 1 heterocycles. The molecule has 0 radical (unpaired) electrons. The Bertz CT molecular complexity index is 1040. The van der Waals surface area contributed by atoms with E-state index in [1.807, 2.05) is 43.3 Å². The number of fused-ring (bicyclic) bond motifs is 1. The summed E-state index contributed by atoms with van der Waals surface area (Å²) in [5, 5.41) is 6.28. The van der Waals surface area contributed by atoms with Crippen LogP contribution in [0, 0.1) is 0 Å². The van der Waals surface area contributed by atoms with Gasteiger partial charge in [0.15, 0.2) is 5.69 Å². The van der Waals surface area contributed by atoms with Gasteiger partial charge in [-0.15, -0.1) is 0 Å². The van der Waals surface area contributed by atoms with E-state index in [0.29, 0.717) is 23.3 Å². The number of carbonyl (C=O) groups excluding carboxylic acids is 1. The van der Waals surface area contributed by atoms with Gasteiger partial charge in [-0.05, 0) is 42.8 Å². The van der Waals surface area contributed by atoms with Crippen LogP contribution in [0.25, 0.3) is 17.0 Å². The van der Waals surface area contributed by atoms with Gasteiger partial charge in [0.1, 0.15) is 11.3 Å². The first-order valence-corrected chi connectivity index (χ1v) is 8.58. The van der Waals surface area contributed by atoms with E-state index in [-0.39, 0.29) is 5.69 Å². The number of hydrogen-bond acceptors (Lipinski definition) is 5. The Hall–Kier alpha value is -3.54. The molecular weight excluding hydrogens is 344 g/mol. The molecule has 0 saturated carbocycles. The first kappa shape index (κ1) is 18.3. The van der Waals surface area contributed by atoms with Crippen molar-refractivity contribution >= 4 is 34.3 Å². The van der Waals surface area contributed by atoms with E-state index < -0.39 is 11.5 Å². The predicted molar refractivity (Wildman–Crippen MR) is 107 cm³/mol. The maximum atomic E-state index is 12.3. The quantitative estimate of drug-likeness (QED) is 0.512. The number of carbonyl (C=O) groups is 1. The van der Waals surface area contributed by atoms with E-state index in [1.165, 1.54) is 6.08 Å². The first-order chi connectivity index (χ1) is 13.1. The molecule has 0 saturated heterocycles. The normalized spacial score (nSPS) is 10.9. The van der Waals surface area contributed by atoms with Crippen molar-refractivity contribution in [2.45, 2.75) is 6.92 Å². The fourth-order valence-electron chi connectivity index (χ4n) is 2.70. The molecule has 0 bridgehead atoms. The number of para-hydroxylation sites is 1. The van der Waals surface area contributed by atoms with Crippen LogP contribution in [0.4, 0.5) is 11.4 Å². The highest BCUT2D eigenvalue weighted by Crippen LogP contribution is 2.28. The lowest BCUT2D eigenvalue weighted by atomic mass is 10.2. The monoisotopic (exact) mass is 364 g/mol. The zero-order valence-corrected chi connectivity index (χ0v) is 15.1. The second-order valence-electron chi connectivity index (χ2n) is 5.71. The summed E-state index contributed by atoms with van der Waals surface area (Å²) in [6.07, 6.45) is 3.02. The summed E-state index contributed by atoms with van der Waals surface area (Å²) in [4.78, 5) is 24.5. The van der Waals surface area contributed by atoms with Gasteiger partial charge in [-0.2, -0.15) is 0 Å². The lowest BCUT2D eigenvalue weighted by Gasteiger charge is -2.10. The maximum Gasteiger partial charge on any atom is 0.362 e. The zero-order valence-electron chi connectivity index (χ0n) is 15.1. The van der Waals surface area contributed by atoms with Gasteiger partial charge in [0.2, 0.25) is 5.91 Å². The molecule has 3 rings (SSSR count). The Morgan fingerprint density at radius 2 is 1.85 bits per heavy atom. The second kappa shape index (κ2) is 8.23. The first-order valence-electron chi connectivity index (χ1n) is 8.58. The van der Waals surface area contributed by atoms with Crippen molar-refractivity contribution in [3.63, 3.8) is 0 Å². The number of benzene rings is 2. The Kier molecular flexibility index (Phi) is 5.56. The van der Waals surface area contributed by atoms with E-state index in [1.54, 1.807) is 25.3 Å². The molecule has 3 aromatic rings. The number of amides is 1. The van der Waals surface area contributed by atoms with Crippen molar-refractivity contribution in [1.29, 1.82) is 0 Å². The molecule has 0 aliphatic rings. The van der Waals surface area contributed by atoms with Gasteiger partial charge in [0, 0.05) is 18.5 Å². The van der Waals surface area contributed by atoms with Gasteiger partial charge in [-0.3, -0.25) is 4.79 Å². The van der Waals surface area contributed by atoms with E-state index in [2.05, 4.69) is 10.6 Å². The molecule has 6 heteroatoms. The van der Waals surface area contributed by atoms with Crippen LogP contribution in [0.2, 0.25) is 0 Å². The minimum absolute atomic E-state index is 0.0811. The predicted octanol–water partition coefficient (Wildman–Crippen LogP) is 3.89. The molecule has 0 spiro atoms. The zero-order chi connectivity index (χ0) is 19.2. The van der Waals surface area contributed by atoms with Gasteiger partial charge < -0.3 is 19.8 Å². The molecule has 1 amide bonds. The lowest BCUT2D eigenvalue weighted by Crippen LogP contribution is -2.17. The highest BCUT2D eigenvalue weighted by Gasteiger charge is 2.14. The van der Waals surface area contributed by atoms with E-state index in [9.17, 15) is 9.59 Å². The van der Waals surface area contributed by atoms with Crippen molar-refractivity contribution in [2.24, 2.45) is 0 Å². The summed E-state index contributed by atoms with van der Waals surface area (Å²) in [6.45, 7) is 2.51. The fraction of sp³-hybridized carbons (Fsp3) is 0.143. The Labute approximate surface area is 156 Å². The lowest BCUT2D eigenvalue weighted by molar-refractivity contribution is -0.111. The van der Waals surface area contributed by atoms with Crippen molar-refractivity contribution in [1.82, 2.24) is 0 Å². The number of hydrogen-bond donors (Lipinski definition) is 2. The molecule has 6 nitrogen and oxygen atoms in total. The average Bonchev–Trinajstić information content (AvgIpc) is 2.68. The van der Waals surface area contributed by atoms with Crippen LogP contribution in [0.1, 0.15) is 12.5 Å². The smallest absolute Gasteiger partial charge is 0.362 e. The number of ether oxygens (including phenoxy) is 1. The molecular formula is C21H20N2O4. The summed E-state index contributed by atoms with van der Waals surface area (Å²) < 4.78 is 10.7. The van der Waals surface area contributed by atoms with E-state index in [0.717, 1.165) is 11.3 Å². The van der Waals surface area contributed by atoms with Crippen LogP contribution in [0.15, 0.2) is 63.8 Å². The summed E-state index contributed by atoms with van der Waals surface area (Å²) in [6, 6.07) is 14.5. The minimum Gasteiger partial charge on any atom is -0.494 e. The summed E-state index contributed by atoms with van der Waals surface area (Å²) >= 11 is 0. The highest BCUT2D eigenvalue weighted by atomic mass is 16.5. The fourth-order valence-corrected chi connectivity index (χ4v) is 2.70. The summed E-state index contributed by atoms with van der Waals surface area (Å²) in [5.41, 5.74) is 1.28. The molecule has 2 aromatic carbocycles. The van der Waals surface area contributed by atoms with Crippen LogP contribution in [-0.2, 0) is 4.79 Å². The number of rotatable bonds is 6. The third-order valence-corrected chi connectivity index (χ3v) is 3.93. The third kappa shape index (κ3) is 4.17. The molecule has 0 fully saturated rings. The van der Waals surface area contributed by atoms with Crippen molar-refractivity contribution in [3.8, 4) is 5.75 Å². The molecule has 0 unspecified atom stereocenters. The SMILES string of the molecule is CCOc1ccc(/C=C/C(=O)Nc2c(NC)c3ccccc3oc2=O)cc1. The molecule has 0 aliphatic heterocycles. The average molecular weight is 364 g/mol. The number of anilines is 2. The molecule has 0 aliphatic carbocycles. The van der Waals surface area contributed by atoms with Gasteiger partial charge in [-0.25, -0.2) is 4.79 Å². The number of nitrogens with one attached hydrogen (secondary N) is 2. The minimum atomic E-state index is -0.610. The van der Waals surface area contributed by atoms with Crippen molar-refractivity contribution < 1.29 is 13.9 Å². The van der Waals surface area contributed by atoms with E-state index >= 15 is 0 Å². The molecule has 2 N–H and O–H groups in total. The highest BCUT2D eigenvalue weighted by molar-refractivity contribution is 6.07. The second-order valence-corrected chi connectivity index (χ2v) is 5.71. The van der Waals surface area contributed by atoms with Gasteiger partial charge >= 0.3 is 5.63 Å². The molecule has 138 valence electrons. The Morgan fingerprint density at radius 3 is 2.56 bits per heavy atom. The van der Waals surface area contributed by atoms with Crippen LogP contribution in [0.3, 0.4) is 0 Å². The van der Waals surface area contributed by atoms with Crippen LogP contribution < -0.4 is 21.0 Å². The molecule has 0 atom stereocenters. The standard InChI is InChI=1S/C21H20N2O4/c1-3-26-15-11-8-14(9-12-15)10-13-18(24)23-20-19(22-2)16-6-4-5-7-17(16)27-21(20)25/h4-13,22H,3H2,1-2H3,(H,23,24)/b13-10+. The molecule has 1 aromatic heterocycles. The van der Waals surface area contributed by atoms with Gasteiger partial charge in [-0.1, -0.05) is 24.3 Å². The maximum absolute atomic E-state index is 12.3. The van der Waals surface area contributed by atoms with Crippen LogP contribution >= 0.6 is 0 Å².